The molecule has 0 aliphatic heterocycles. The van der Waals surface area contributed by atoms with E-state index in [1.807, 2.05) is 32.0 Å². The summed E-state index contributed by atoms with van der Waals surface area (Å²) in [5.74, 6) is 1.94. The molecule has 8 heteroatoms. The van der Waals surface area contributed by atoms with Crippen LogP contribution in [0.2, 0.25) is 10.0 Å². The topological polar surface area (TPSA) is 59.9 Å². The maximum atomic E-state index is 12.0. The zero-order valence-electron chi connectivity index (χ0n) is 16.4. The van der Waals surface area contributed by atoms with Crippen LogP contribution in [0.5, 0.6) is 11.5 Å². The molecule has 0 fully saturated rings. The normalized spacial score (nSPS) is 10.9. The molecule has 0 bridgehead atoms. The summed E-state index contributed by atoms with van der Waals surface area (Å²) in [4.78, 5) is 12.0. The summed E-state index contributed by atoms with van der Waals surface area (Å²) in [6, 6.07) is 10.9. The Morgan fingerprint density at radius 1 is 1.14 bits per heavy atom. The molecule has 1 N–H and O–H groups in total. The van der Waals surface area contributed by atoms with E-state index in [4.69, 9.17) is 32.7 Å². The number of halogens is 2. The first-order valence-corrected chi connectivity index (χ1v) is 11.2. The number of amides is 1. The third kappa shape index (κ3) is 7.80. The lowest BCUT2D eigenvalue weighted by molar-refractivity contribution is -0.118. The fraction of sp³-hybridized carbons (Fsp3) is 0.333. The molecule has 0 heterocycles. The first-order chi connectivity index (χ1) is 14.0. The second-order valence-electron chi connectivity index (χ2n) is 5.97. The number of nitrogens with zero attached hydrogens (tertiary/aromatic N) is 1. The van der Waals surface area contributed by atoms with Crippen LogP contribution >= 0.6 is 35.0 Å². The Kier molecular flexibility index (Phi) is 10.2. The summed E-state index contributed by atoms with van der Waals surface area (Å²) < 4.78 is 11.3. The Balaban J connectivity index is 1.85. The minimum atomic E-state index is -0.206. The fourth-order valence-electron chi connectivity index (χ4n) is 2.33. The van der Waals surface area contributed by atoms with Gasteiger partial charge in [0, 0.05) is 15.8 Å². The number of ether oxygens (including phenoxy) is 2. The van der Waals surface area contributed by atoms with Gasteiger partial charge in [-0.2, -0.15) is 5.10 Å². The molecule has 0 saturated heterocycles. The zero-order valence-corrected chi connectivity index (χ0v) is 18.7. The Hall–Kier alpha value is -1.89. The molecule has 5 nitrogen and oxygen atoms in total. The molecule has 29 heavy (non-hydrogen) atoms. The minimum Gasteiger partial charge on any atom is -0.490 e. The minimum absolute atomic E-state index is 0.206. The van der Waals surface area contributed by atoms with Crippen molar-refractivity contribution < 1.29 is 14.3 Å². The first kappa shape index (κ1) is 23.4. The molecule has 2 aromatic rings. The van der Waals surface area contributed by atoms with Gasteiger partial charge in [0.2, 0.25) is 5.91 Å². The van der Waals surface area contributed by atoms with Crippen LogP contribution in [0, 0.1) is 0 Å². The molecule has 0 unspecified atom stereocenters. The number of rotatable bonds is 11. The smallest absolute Gasteiger partial charge is 0.250 e. The third-order valence-electron chi connectivity index (χ3n) is 3.67. The van der Waals surface area contributed by atoms with Crippen molar-refractivity contribution in [1.29, 1.82) is 0 Å². The van der Waals surface area contributed by atoms with Crippen molar-refractivity contribution >= 4 is 47.1 Å². The first-order valence-electron chi connectivity index (χ1n) is 9.27. The predicted molar refractivity (Wildman–Crippen MR) is 122 cm³/mol. The number of carbonyl (C=O) groups is 1. The number of carbonyl (C=O) groups excluding carboxylic acids is 1. The highest BCUT2D eigenvalue weighted by Gasteiger charge is 2.08. The number of hydrogen-bond acceptors (Lipinski definition) is 5. The average molecular weight is 455 g/mol. The summed E-state index contributed by atoms with van der Waals surface area (Å²) >= 11 is 13.7. The van der Waals surface area contributed by atoms with Gasteiger partial charge < -0.3 is 9.47 Å². The molecule has 0 radical (unpaired) electrons. The van der Waals surface area contributed by atoms with Crippen molar-refractivity contribution in [2.45, 2.75) is 26.0 Å². The summed E-state index contributed by atoms with van der Waals surface area (Å²) in [5, 5.41) is 5.20. The molecule has 1 amide bonds. The second-order valence-corrected chi connectivity index (χ2v) is 7.77. The second kappa shape index (κ2) is 12.6. The highest BCUT2D eigenvalue weighted by Crippen LogP contribution is 2.29. The van der Waals surface area contributed by atoms with E-state index in [0.717, 1.165) is 17.5 Å². The van der Waals surface area contributed by atoms with Crippen LogP contribution in [-0.4, -0.2) is 31.1 Å². The molecule has 0 aliphatic rings. The SMILES string of the molecule is CCCOc1ccc(/C=N\NC(=O)CSCc2c(Cl)cccc2Cl)cc1OCC. The Morgan fingerprint density at radius 3 is 2.59 bits per heavy atom. The van der Waals surface area contributed by atoms with Gasteiger partial charge in [0.05, 0.1) is 25.2 Å². The lowest BCUT2D eigenvalue weighted by Gasteiger charge is -2.11. The number of nitrogens with one attached hydrogen (secondary N) is 1. The highest BCUT2D eigenvalue weighted by molar-refractivity contribution is 7.99. The maximum Gasteiger partial charge on any atom is 0.250 e. The van der Waals surface area contributed by atoms with E-state index in [1.165, 1.54) is 11.8 Å². The van der Waals surface area contributed by atoms with Crippen molar-refractivity contribution in [1.82, 2.24) is 5.43 Å². The van der Waals surface area contributed by atoms with Gasteiger partial charge in [-0.25, -0.2) is 5.43 Å². The number of hydrogen-bond donors (Lipinski definition) is 1. The fourth-order valence-corrected chi connectivity index (χ4v) is 3.89. The van der Waals surface area contributed by atoms with Gasteiger partial charge in [0.1, 0.15) is 0 Å². The van der Waals surface area contributed by atoms with E-state index in [9.17, 15) is 4.79 Å². The molecule has 0 spiro atoms. The van der Waals surface area contributed by atoms with Gasteiger partial charge in [-0.1, -0.05) is 36.2 Å². The van der Waals surface area contributed by atoms with Crippen LogP contribution in [0.4, 0.5) is 0 Å². The molecular formula is C21H24Cl2N2O3S. The van der Waals surface area contributed by atoms with E-state index < -0.39 is 0 Å². The van der Waals surface area contributed by atoms with Crippen molar-refractivity contribution in [2.24, 2.45) is 5.10 Å². The number of benzene rings is 2. The van der Waals surface area contributed by atoms with Crippen LogP contribution in [0.3, 0.4) is 0 Å². The van der Waals surface area contributed by atoms with Gasteiger partial charge in [0.15, 0.2) is 11.5 Å². The van der Waals surface area contributed by atoms with Crippen molar-refractivity contribution in [2.75, 3.05) is 19.0 Å². The van der Waals surface area contributed by atoms with E-state index >= 15 is 0 Å². The number of hydrazone groups is 1. The van der Waals surface area contributed by atoms with Gasteiger partial charge >= 0.3 is 0 Å². The van der Waals surface area contributed by atoms with E-state index in [2.05, 4.69) is 10.5 Å². The quantitative estimate of drug-likeness (QED) is 0.356. The van der Waals surface area contributed by atoms with Gasteiger partial charge in [-0.05, 0) is 54.8 Å². The molecule has 0 saturated carbocycles. The van der Waals surface area contributed by atoms with E-state index in [0.29, 0.717) is 40.5 Å². The third-order valence-corrected chi connectivity index (χ3v) is 5.34. The maximum absolute atomic E-state index is 12.0. The van der Waals surface area contributed by atoms with E-state index in [1.54, 1.807) is 24.4 Å². The monoisotopic (exact) mass is 454 g/mol. The Labute approximate surface area is 185 Å². The molecule has 0 atom stereocenters. The molecule has 0 aromatic heterocycles. The van der Waals surface area contributed by atoms with Crippen LogP contribution in [0.1, 0.15) is 31.4 Å². The summed E-state index contributed by atoms with van der Waals surface area (Å²) in [7, 11) is 0. The van der Waals surface area contributed by atoms with E-state index in [-0.39, 0.29) is 11.7 Å². The lowest BCUT2D eigenvalue weighted by Crippen LogP contribution is -2.19. The Morgan fingerprint density at radius 2 is 1.90 bits per heavy atom. The van der Waals surface area contributed by atoms with Crippen LogP contribution < -0.4 is 14.9 Å². The lowest BCUT2D eigenvalue weighted by atomic mass is 10.2. The molecular weight excluding hydrogens is 431 g/mol. The van der Waals surface area contributed by atoms with Crippen molar-refractivity contribution in [3.05, 3.63) is 57.6 Å². The molecule has 2 aromatic carbocycles. The highest BCUT2D eigenvalue weighted by atomic mass is 35.5. The van der Waals surface area contributed by atoms with Crippen LogP contribution in [-0.2, 0) is 10.5 Å². The van der Waals surface area contributed by atoms with Gasteiger partial charge in [-0.3, -0.25) is 4.79 Å². The summed E-state index contributed by atoms with van der Waals surface area (Å²) in [5.41, 5.74) is 4.14. The number of thioether (sulfide) groups is 1. The van der Waals surface area contributed by atoms with Crippen molar-refractivity contribution in [3.63, 3.8) is 0 Å². The van der Waals surface area contributed by atoms with Crippen LogP contribution in [0.15, 0.2) is 41.5 Å². The van der Waals surface area contributed by atoms with Crippen molar-refractivity contribution in [3.8, 4) is 11.5 Å². The standard InChI is InChI=1S/C21H24Cl2N2O3S/c1-3-10-28-19-9-8-15(11-20(19)27-4-2)12-24-25-21(26)14-29-13-16-17(22)6-5-7-18(16)23/h5-9,11-12H,3-4,10,13-14H2,1-2H3,(H,25,26)/b24-12-. The zero-order chi connectivity index (χ0) is 21.1. The largest absolute Gasteiger partial charge is 0.490 e. The summed E-state index contributed by atoms with van der Waals surface area (Å²) in [6.45, 7) is 5.12. The average Bonchev–Trinajstić information content (AvgIpc) is 2.70. The predicted octanol–water partition coefficient (Wildman–Crippen LogP) is 5.56. The molecule has 156 valence electrons. The molecule has 2 rings (SSSR count). The Bertz CT molecular complexity index is 826. The van der Waals surface area contributed by atoms with Crippen LogP contribution in [0.25, 0.3) is 0 Å². The van der Waals surface area contributed by atoms with Gasteiger partial charge in [0.25, 0.3) is 0 Å². The molecule has 0 aliphatic carbocycles. The summed E-state index contributed by atoms with van der Waals surface area (Å²) in [6.07, 6.45) is 2.49. The van der Waals surface area contributed by atoms with Gasteiger partial charge in [-0.15, -0.1) is 11.8 Å².